The van der Waals surface area contributed by atoms with Crippen molar-refractivity contribution in [1.29, 1.82) is 0 Å². The van der Waals surface area contributed by atoms with E-state index in [9.17, 15) is 0 Å². The van der Waals surface area contributed by atoms with Crippen molar-refractivity contribution in [2.45, 2.75) is 65.3 Å². The van der Waals surface area contributed by atoms with Crippen molar-refractivity contribution in [3.63, 3.8) is 0 Å². The molecule has 0 bridgehead atoms. The van der Waals surface area contributed by atoms with Gasteiger partial charge in [0, 0.05) is 27.8 Å². The molecule has 3 heterocycles. The van der Waals surface area contributed by atoms with Crippen LogP contribution in [0.2, 0.25) is 0 Å². The number of furan rings is 1. The minimum absolute atomic E-state index is 0.0809. The van der Waals surface area contributed by atoms with Crippen LogP contribution >= 0.6 is 0 Å². The Morgan fingerprint density at radius 2 is 1.49 bits per heavy atom. The van der Waals surface area contributed by atoms with Gasteiger partial charge in [0.15, 0.2) is 16.6 Å². The Labute approximate surface area is 301 Å². The van der Waals surface area contributed by atoms with Crippen LogP contribution in [0.5, 0.6) is 0 Å². The predicted octanol–water partition coefficient (Wildman–Crippen LogP) is 12.1. The molecule has 0 radical (unpaired) electrons. The number of benzene rings is 5. The lowest BCUT2D eigenvalue weighted by molar-refractivity contribution is -0.556. The Hall–Kier alpha value is -5.48. The van der Waals surface area contributed by atoms with Gasteiger partial charge in [0.2, 0.25) is 0 Å². The number of rotatable bonds is 6. The maximum Gasteiger partial charge on any atom is 0.304 e. The molecule has 0 amide bonds. The van der Waals surface area contributed by atoms with E-state index in [-0.39, 0.29) is 23.8 Å². The molecular weight excluding hydrogens is 623 g/mol. The molecule has 0 spiro atoms. The molecule has 0 saturated carbocycles. The minimum atomic E-state index is -0.249. The summed E-state index contributed by atoms with van der Waals surface area (Å²) in [6.45, 7) is 24.8. The zero-order chi connectivity index (χ0) is 35.6. The zero-order valence-corrected chi connectivity index (χ0v) is 30.4. The van der Waals surface area contributed by atoms with Crippen LogP contribution in [0, 0.1) is 5.92 Å². The van der Waals surface area contributed by atoms with Crippen LogP contribution in [0.15, 0.2) is 131 Å². The van der Waals surface area contributed by atoms with Gasteiger partial charge in [0.05, 0.1) is 0 Å². The molecule has 4 nitrogen and oxygen atoms in total. The summed E-state index contributed by atoms with van der Waals surface area (Å²) in [6.07, 6.45) is 1.71. The topological polar surface area (TPSA) is 34.3 Å². The largest absolute Gasteiger partial charge is 0.455 e. The number of aromatic nitrogens is 2. The third-order valence-electron chi connectivity index (χ3n) is 11.0. The first-order chi connectivity index (χ1) is 24.7. The zero-order valence-electron chi connectivity index (χ0n) is 30.4. The molecule has 0 fully saturated rings. The number of fused-ring (bicyclic) bond motifs is 9. The molecule has 2 aromatic heterocycles. The van der Waals surface area contributed by atoms with E-state index in [2.05, 4.69) is 160 Å². The Bertz CT molecular complexity index is 2480. The van der Waals surface area contributed by atoms with Gasteiger partial charge in [-0.3, -0.25) is 4.99 Å². The highest BCUT2D eigenvalue weighted by Gasteiger charge is 2.40. The first kappa shape index (κ1) is 32.7. The fourth-order valence-corrected chi connectivity index (χ4v) is 8.39. The van der Waals surface area contributed by atoms with Gasteiger partial charge in [-0.15, -0.1) is 0 Å². The fraction of sp³-hybridized carbons (Fsp3) is 0.234. The van der Waals surface area contributed by atoms with Gasteiger partial charge in [-0.1, -0.05) is 119 Å². The lowest BCUT2D eigenvalue weighted by atomic mass is 9.86. The molecule has 5 aromatic carbocycles. The highest BCUT2D eigenvalue weighted by Crippen LogP contribution is 2.45. The molecular formula is C47H46N3O+. The van der Waals surface area contributed by atoms with Gasteiger partial charge in [-0.2, -0.15) is 9.13 Å². The van der Waals surface area contributed by atoms with Crippen LogP contribution in [0.4, 0.5) is 0 Å². The Morgan fingerprint density at radius 3 is 2.18 bits per heavy atom. The normalized spacial score (nSPS) is 16.3. The summed E-state index contributed by atoms with van der Waals surface area (Å²) >= 11 is 0. The molecule has 7 aromatic rings. The van der Waals surface area contributed by atoms with Crippen LogP contribution in [0.1, 0.15) is 69.6 Å². The lowest BCUT2D eigenvalue weighted by Crippen LogP contribution is -2.37. The average Bonchev–Trinajstić information content (AvgIpc) is 3.69. The van der Waals surface area contributed by atoms with E-state index in [0.717, 1.165) is 68.5 Å². The number of hydrogen-bond donors (Lipinski definition) is 0. The third-order valence-corrected chi connectivity index (χ3v) is 11.0. The standard InChI is InChI=1S/C47H46N3O/c1-28(2)35-24-22-33-23-25-37-36-18-12-15-21-42(36)51-46(37)43(33)47-49(31(7)44(35)48-8)40-19-13-14-20-41(40)50(47)45-38(29(3)4)26-34(27-39(45)30(5)6)32-16-10-9-11-17-32/h9-21,23,25-27,29-30,35,44H,1,7-8,22,24H2,2-6H3/q+1. The summed E-state index contributed by atoms with van der Waals surface area (Å²) in [7, 11) is 0. The predicted molar refractivity (Wildman–Crippen MR) is 215 cm³/mol. The van der Waals surface area contributed by atoms with E-state index in [1.807, 2.05) is 0 Å². The number of aryl methyl sites for hydroxylation is 1. The third kappa shape index (κ3) is 5.19. The second kappa shape index (κ2) is 12.7. The van der Waals surface area contributed by atoms with Gasteiger partial charge in [-0.25, -0.2) is 0 Å². The van der Waals surface area contributed by atoms with Crippen molar-refractivity contribution in [3.05, 3.63) is 139 Å². The number of para-hydroxylation sites is 3. The molecule has 4 heteroatoms. The van der Waals surface area contributed by atoms with Crippen LogP contribution in [-0.4, -0.2) is 17.3 Å². The fourth-order valence-electron chi connectivity index (χ4n) is 8.39. The van der Waals surface area contributed by atoms with Gasteiger partial charge in [0.1, 0.15) is 28.6 Å². The summed E-state index contributed by atoms with van der Waals surface area (Å²) in [5.74, 6) is 1.62. The Morgan fingerprint density at radius 1 is 0.824 bits per heavy atom. The Balaban J connectivity index is 1.60. The summed E-state index contributed by atoms with van der Waals surface area (Å²) in [5, 5.41) is 2.23. The Kier molecular flexibility index (Phi) is 8.14. The van der Waals surface area contributed by atoms with Crippen LogP contribution in [-0.2, 0) is 6.42 Å². The number of imidazole rings is 1. The second-order valence-electron chi connectivity index (χ2n) is 14.8. The van der Waals surface area contributed by atoms with Gasteiger partial charge >= 0.3 is 5.82 Å². The second-order valence-corrected chi connectivity index (χ2v) is 14.8. The highest BCUT2D eigenvalue weighted by molar-refractivity contribution is 6.10. The molecule has 254 valence electrons. The SMILES string of the molecule is C=NC1C(=C)n2c([n+](-c3c(C(C)C)cc(-c4ccccc4)cc3C(C)C)c3ccccc32)-c2c(ccc3c2oc2ccccc23)CCC1C(=C)C. The highest BCUT2D eigenvalue weighted by atomic mass is 16.3. The van der Waals surface area contributed by atoms with Crippen LogP contribution in [0.25, 0.3) is 66.9 Å². The van der Waals surface area contributed by atoms with E-state index in [1.165, 1.54) is 33.5 Å². The molecule has 51 heavy (non-hydrogen) atoms. The maximum atomic E-state index is 6.92. The average molecular weight is 669 g/mol. The van der Waals surface area contributed by atoms with Crippen LogP contribution in [0.3, 0.4) is 0 Å². The molecule has 2 unspecified atom stereocenters. The summed E-state index contributed by atoms with van der Waals surface area (Å²) in [6, 6.07) is 37.0. The van der Waals surface area contributed by atoms with Crippen molar-refractivity contribution in [2.24, 2.45) is 10.9 Å². The van der Waals surface area contributed by atoms with Crippen molar-refractivity contribution < 1.29 is 8.98 Å². The van der Waals surface area contributed by atoms with Gasteiger partial charge in [0.25, 0.3) is 0 Å². The molecule has 0 saturated heterocycles. The first-order valence-corrected chi connectivity index (χ1v) is 18.2. The number of aliphatic imine (C=N–C) groups is 1. The van der Waals surface area contributed by atoms with Crippen molar-refractivity contribution >= 4 is 45.4 Å². The van der Waals surface area contributed by atoms with E-state index in [4.69, 9.17) is 16.0 Å². The molecule has 1 aliphatic heterocycles. The minimum Gasteiger partial charge on any atom is -0.455 e. The van der Waals surface area contributed by atoms with Crippen molar-refractivity contribution in [2.75, 3.05) is 0 Å². The van der Waals surface area contributed by atoms with Gasteiger partial charge < -0.3 is 4.42 Å². The smallest absolute Gasteiger partial charge is 0.304 e. The maximum absolute atomic E-state index is 6.92. The molecule has 0 N–H and O–H groups in total. The van der Waals surface area contributed by atoms with E-state index < -0.39 is 0 Å². The van der Waals surface area contributed by atoms with E-state index in [1.54, 1.807) is 0 Å². The summed E-state index contributed by atoms with van der Waals surface area (Å²) in [5.41, 5.74) is 14.6. The van der Waals surface area contributed by atoms with Crippen molar-refractivity contribution in [3.8, 4) is 28.2 Å². The van der Waals surface area contributed by atoms with Crippen LogP contribution < -0.4 is 4.57 Å². The van der Waals surface area contributed by atoms with Crippen molar-refractivity contribution in [1.82, 2.24) is 4.57 Å². The molecule has 0 aliphatic carbocycles. The summed E-state index contributed by atoms with van der Waals surface area (Å²) < 4.78 is 11.8. The number of nitrogens with zero attached hydrogens (tertiary/aromatic N) is 3. The monoisotopic (exact) mass is 668 g/mol. The van der Waals surface area contributed by atoms with E-state index in [0.29, 0.717) is 0 Å². The summed E-state index contributed by atoms with van der Waals surface area (Å²) in [4.78, 5) is 4.79. The quantitative estimate of drug-likeness (QED) is 0.0986. The first-order valence-electron chi connectivity index (χ1n) is 18.2. The molecule has 2 atom stereocenters. The molecule has 1 aliphatic rings. The lowest BCUT2D eigenvalue weighted by Gasteiger charge is -2.24. The van der Waals surface area contributed by atoms with Gasteiger partial charge in [-0.05, 0) is 85.3 Å². The van der Waals surface area contributed by atoms with E-state index >= 15 is 0 Å². The molecule has 8 rings (SSSR count). The number of hydrogen-bond acceptors (Lipinski definition) is 2.